The van der Waals surface area contributed by atoms with Crippen molar-refractivity contribution in [2.45, 2.75) is 26.8 Å². The van der Waals surface area contributed by atoms with Gasteiger partial charge >= 0.3 is 0 Å². The molecule has 0 bridgehead atoms. The van der Waals surface area contributed by atoms with Crippen molar-refractivity contribution in [2.24, 2.45) is 5.41 Å². The molecule has 0 fully saturated rings. The lowest BCUT2D eigenvalue weighted by molar-refractivity contribution is 0.304. The minimum Gasteiger partial charge on any atom is -0.212 e. The van der Waals surface area contributed by atoms with Crippen molar-refractivity contribution in [1.82, 2.24) is 4.72 Å². The molecule has 3 nitrogen and oxygen atoms in total. The smallest absolute Gasteiger partial charge is 0.212 e. The van der Waals surface area contributed by atoms with Gasteiger partial charge in [0.2, 0.25) is 10.0 Å². The Kier molecular flexibility index (Phi) is 5.35. The first-order chi connectivity index (χ1) is 8.65. The number of hydrogen-bond acceptors (Lipinski definition) is 2. The number of alkyl halides is 1. The van der Waals surface area contributed by atoms with Gasteiger partial charge in [-0.15, -0.1) is 11.6 Å². The molecule has 0 amide bonds. The van der Waals surface area contributed by atoms with Crippen molar-refractivity contribution in [3.63, 3.8) is 0 Å². The predicted octanol–water partition coefficient (Wildman–Crippen LogP) is 3.07. The van der Waals surface area contributed by atoms with Crippen LogP contribution in [0.2, 0.25) is 0 Å². The molecule has 0 aromatic heterocycles. The van der Waals surface area contributed by atoms with Crippen molar-refractivity contribution in [3.05, 3.63) is 35.6 Å². The summed E-state index contributed by atoms with van der Waals surface area (Å²) in [5.74, 6) is -0.446. The molecule has 0 spiro atoms. The van der Waals surface area contributed by atoms with E-state index in [0.29, 0.717) is 0 Å². The summed E-state index contributed by atoms with van der Waals surface area (Å²) < 4.78 is 39.3. The highest BCUT2D eigenvalue weighted by molar-refractivity contribution is 7.89. The Labute approximate surface area is 119 Å². The fourth-order valence-corrected chi connectivity index (χ4v) is 3.52. The highest BCUT2D eigenvalue weighted by Crippen LogP contribution is 2.33. The van der Waals surface area contributed by atoms with Crippen LogP contribution in [-0.2, 0) is 10.0 Å². The molecule has 1 aromatic rings. The Morgan fingerprint density at radius 3 is 2.21 bits per heavy atom. The van der Waals surface area contributed by atoms with Gasteiger partial charge in [0.1, 0.15) is 5.82 Å². The van der Waals surface area contributed by atoms with Crippen LogP contribution in [0.5, 0.6) is 0 Å². The summed E-state index contributed by atoms with van der Waals surface area (Å²) in [6.07, 6.45) is 0. The molecule has 0 saturated carbocycles. The number of halogens is 2. The van der Waals surface area contributed by atoms with Gasteiger partial charge in [0.25, 0.3) is 0 Å². The van der Waals surface area contributed by atoms with Gasteiger partial charge in [-0.25, -0.2) is 17.5 Å². The van der Waals surface area contributed by atoms with Crippen LogP contribution < -0.4 is 4.72 Å². The molecule has 19 heavy (non-hydrogen) atoms. The average molecular weight is 308 g/mol. The molecule has 0 radical (unpaired) electrons. The molecule has 0 aliphatic heterocycles. The molecular formula is C13H19ClFNO2S. The SMILES string of the molecule is CC(C)(C)C(NS(=O)(=O)CCCl)c1ccc(F)cc1. The lowest BCUT2D eigenvalue weighted by Gasteiger charge is -2.31. The molecule has 6 heteroatoms. The zero-order valence-corrected chi connectivity index (χ0v) is 12.9. The first-order valence-electron chi connectivity index (χ1n) is 5.97. The van der Waals surface area contributed by atoms with Gasteiger partial charge in [-0.3, -0.25) is 0 Å². The van der Waals surface area contributed by atoms with Gasteiger partial charge in [-0.05, 0) is 23.1 Å². The predicted molar refractivity (Wildman–Crippen MR) is 76.2 cm³/mol. The summed E-state index contributed by atoms with van der Waals surface area (Å²) in [6.45, 7) is 5.76. The van der Waals surface area contributed by atoms with E-state index in [2.05, 4.69) is 4.72 Å². The minimum atomic E-state index is -3.45. The fourth-order valence-electron chi connectivity index (χ4n) is 1.74. The van der Waals surface area contributed by atoms with Crippen molar-refractivity contribution >= 4 is 21.6 Å². The number of hydrogen-bond donors (Lipinski definition) is 1. The number of benzene rings is 1. The normalized spacial score (nSPS) is 14.4. The Morgan fingerprint density at radius 2 is 1.79 bits per heavy atom. The van der Waals surface area contributed by atoms with Crippen LogP contribution in [0.1, 0.15) is 32.4 Å². The van der Waals surface area contributed by atoms with Gasteiger partial charge in [0.15, 0.2) is 0 Å². The van der Waals surface area contributed by atoms with E-state index in [1.54, 1.807) is 12.1 Å². The van der Waals surface area contributed by atoms with Crippen LogP contribution in [0.4, 0.5) is 4.39 Å². The van der Waals surface area contributed by atoms with Crippen LogP contribution >= 0.6 is 11.6 Å². The van der Waals surface area contributed by atoms with Crippen LogP contribution in [0.25, 0.3) is 0 Å². The maximum absolute atomic E-state index is 12.9. The van der Waals surface area contributed by atoms with Crippen molar-refractivity contribution in [2.75, 3.05) is 11.6 Å². The number of rotatable bonds is 5. The summed E-state index contributed by atoms with van der Waals surface area (Å²) in [5.41, 5.74) is 0.393. The second kappa shape index (κ2) is 6.20. The zero-order valence-electron chi connectivity index (χ0n) is 11.3. The summed E-state index contributed by atoms with van der Waals surface area (Å²) in [6, 6.07) is 5.40. The second-order valence-corrected chi connectivity index (χ2v) is 7.73. The number of sulfonamides is 1. The lowest BCUT2D eigenvalue weighted by atomic mass is 9.83. The van der Waals surface area contributed by atoms with Crippen LogP contribution in [-0.4, -0.2) is 20.1 Å². The van der Waals surface area contributed by atoms with E-state index < -0.39 is 16.1 Å². The molecule has 0 aliphatic rings. The number of nitrogens with one attached hydrogen (secondary N) is 1. The highest BCUT2D eigenvalue weighted by Gasteiger charge is 2.30. The molecule has 0 saturated heterocycles. The van der Waals surface area contributed by atoms with Crippen LogP contribution in [0.15, 0.2) is 24.3 Å². The van der Waals surface area contributed by atoms with Gasteiger partial charge in [0.05, 0.1) is 11.8 Å². The van der Waals surface area contributed by atoms with Crippen molar-refractivity contribution < 1.29 is 12.8 Å². The molecule has 108 valence electrons. The Bertz CT molecular complexity index is 508. The Hall–Kier alpha value is -0.650. The largest absolute Gasteiger partial charge is 0.213 e. The van der Waals surface area contributed by atoms with Gasteiger partial charge in [0, 0.05) is 5.88 Å². The van der Waals surface area contributed by atoms with E-state index in [1.165, 1.54) is 12.1 Å². The molecular weight excluding hydrogens is 289 g/mol. The first kappa shape index (κ1) is 16.4. The van der Waals surface area contributed by atoms with Crippen molar-refractivity contribution in [3.8, 4) is 0 Å². The summed E-state index contributed by atoms with van der Waals surface area (Å²) in [4.78, 5) is 0. The van der Waals surface area contributed by atoms with Crippen LogP contribution in [0, 0.1) is 11.2 Å². The van der Waals surface area contributed by atoms with E-state index in [1.807, 2.05) is 20.8 Å². The van der Waals surface area contributed by atoms with E-state index >= 15 is 0 Å². The zero-order chi connectivity index (χ0) is 14.7. The van der Waals surface area contributed by atoms with E-state index in [9.17, 15) is 12.8 Å². The third-order valence-electron chi connectivity index (χ3n) is 2.71. The third-order valence-corrected chi connectivity index (χ3v) is 4.46. The van der Waals surface area contributed by atoms with E-state index in [4.69, 9.17) is 11.6 Å². The molecule has 0 heterocycles. The maximum atomic E-state index is 12.9. The lowest BCUT2D eigenvalue weighted by Crippen LogP contribution is -2.38. The monoisotopic (exact) mass is 307 g/mol. The third kappa shape index (κ3) is 5.09. The average Bonchev–Trinajstić information content (AvgIpc) is 2.26. The van der Waals surface area contributed by atoms with Gasteiger partial charge in [-0.2, -0.15) is 0 Å². The van der Waals surface area contributed by atoms with Gasteiger partial charge in [-0.1, -0.05) is 32.9 Å². The summed E-state index contributed by atoms with van der Waals surface area (Å²) in [5, 5.41) is 0. The Balaban J connectivity index is 3.07. The molecule has 1 rings (SSSR count). The minimum absolute atomic E-state index is 0.0373. The maximum Gasteiger partial charge on any atom is 0.213 e. The standard InChI is InChI=1S/C13H19ClFNO2S/c1-13(2,3)12(16-19(17,18)9-8-14)10-4-6-11(15)7-5-10/h4-7,12,16H,8-9H2,1-3H3. The van der Waals surface area contributed by atoms with Gasteiger partial charge < -0.3 is 0 Å². The Morgan fingerprint density at radius 1 is 1.26 bits per heavy atom. The fraction of sp³-hybridized carbons (Fsp3) is 0.538. The summed E-state index contributed by atoms with van der Waals surface area (Å²) >= 11 is 5.48. The van der Waals surface area contributed by atoms with E-state index in [-0.39, 0.29) is 22.9 Å². The second-order valence-electron chi connectivity index (χ2n) is 5.48. The molecule has 0 aliphatic carbocycles. The van der Waals surface area contributed by atoms with Crippen molar-refractivity contribution in [1.29, 1.82) is 0 Å². The molecule has 1 atom stereocenters. The summed E-state index contributed by atoms with van der Waals surface area (Å²) in [7, 11) is -3.45. The van der Waals surface area contributed by atoms with Crippen LogP contribution in [0.3, 0.4) is 0 Å². The molecule has 1 unspecified atom stereocenters. The van der Waals surface area contributed by atoms with E-state index in [0.717, 1.165) is 5.56 Å². The quantitative estimate of drug-likeness (QED) is 0.850. The molecule has 1 aromatic carbocycles. The highest BCUT2D eigenvalue weighted by atomic mass is 35.5. The molecule has 1 N–H and O–H groups in total. The first-order valence-corrected chi connectivity index (χ1v) is 8.16. The topological polar surface area (TPSA) is 46.2 Å².